The van der Waals surface area contributed by atoms with Gasteiger partial charge in [0.25, 0.3) is 11.7 Å². The summed E-state index contributed by atoms with van der Waals surface area (Å²) in [7, 11) is 0. The number of furan rings is 1. The largest absolute Gasteiger partial charge is 0.507 e. The number of aryl methyl sites for hydroxylation is 1. The average molecular weight is 435 g/mol. The summed E-state index contributed by atoms with van der Waals surface area (Å²) in [6.07, 6.45) is 8.21. The van der Waals surface area contributed by atoms with E-state index in [0.29, 0.717) is 43.2 Å². The Morgan fingerprint density at radius 1 is 1.19 bits per heavy atom. The van der Waals surface area contributed by atoms with Crippen LogP contribution in [0.3, 0.4) is 0 Å². The Balaban J connectivity index is 1.63. The number of aromatic nitrogens is 2. The van der Waals surface area contributed by atoms with Gasteiger partial charge in [-0.05, 0) is 49.2 Å². The lowest BCUT2D eigenvalue weighted by molar-refractivity contribution is -0.140. The van der Waals surface area contributed by atoms with E-state index in [0.717, 1.165) is 6.42 Å². The second kappa shape index (κ2) is 9.55. The molecule has 0 saturated carbocycles. The number of hydrogen-bond acceptors (Lipinski definition) is 6. The molecule has 1 saturated heterocycles. The van der Waals surface area contributed by atoms with Gasteiger partial charge in [-0.25, -0.2) is 4.98 Å². The molecule has 1 N–H and O–H groups in total. The van der Waals surface area contributed by atoms with Crippen LogP contribution in [0.15, 0.2) is 71.4 Å². The van der Waals surface area contributed by atoms with Crippen LogP contribution in [0.25, 0.3) is 5.76 Å². The Labute approximate surface area is 185 Å². The van der Waals surface area contributed by atoms with Crippen molar-refractivity contribution in [2.24, 2.45) is 0 Å². The third-order valence-electron chi connectivity index (χ3n) is 5.33. The molecule has 8 nitrogen and oxygen atoms in total. The lowest BCUT2D eigenvalue weighted by Crippen LogP contribution is -2.31. The van der Waals surface area contributed by atoms with Crippen molar-refractivity contribution in [3.8, 4) is 5.75 Å². The molecule has 3 heterocycles. The van der Waals surface area contributed by atoms with Gasteiger partial charge >= 0.3 is 0 Å². The normalized spacial score (nSPS) is 17.8. The fourth-order valence-electron chi connectivity index (χ4n) is 3.78. The van der Waals surface area contributed by atoms with E-state index in [2.05, 4.69) is 4.98 Å². The SMILES string of the molecule is CCCOc1ccc(/C(O)=C2/C(=O)C(=O)N(CCCn3ccnc3)C2c2ccco2)cc1. The summed E-state index contributed by atoms with van der Waals surface area (Å²) in [4.78, 5) is 31.3. The summed E-state index contributed by atoms with van der Waals surface area (Å²) < 4.78 is 13.0. The maximum atomic E-state index is 12.9. The molecule has 1 aliphatic heterocycles. The van der Waals surface area contributed by atoms with Crippen molar-refractivity contribution in [2.75, 3.05) is 13.2 Å². The van der Waals surface area contributed by atoms with Crippen molar-refractivity contribution in [3.63, 3.8) is 0 Å². The van der Waals surface area contributed by atoms with Gasteiger partial charge in [0.2, 0.25) is 0 Å². The number of benzene rings is 1. The van der Waals surface area contributed by atoms with Gasteiger partial charge in [-0.15, -0.1) is 0 Å². The molecule has 8 heteroatoms. The van der Waals surface area contributed by atoms with Crippen LogP contribution in [-0.4, -0.2) is 44.4 Å². The minimum atomic E-state index is -0.788. The summed E-state index contributed by atoms with van der Waals surface area (Å²) in [5.41, 5.74) is 0.455. The van der Waals surface area contributed by atoms with Gasteiger partial charge in [0.1, 0.15) is 23.3 Å². The Bertz CT molecular complexity index is 1090. The van der Waals surface area contributed by atoms with Crippen LogP contribution in [0.1, 0.15) is 37.1 Å². The summed E-state index contributed by atoms with van der Waals surface area (Å²) in [6.45, 7) is 3.58. The molecular weight excluding hydrogens is 410 g/mol. The lowest BCUT2D eigenvalue weighted by Gasteiger charge is -2.23. The van der Waals surface area contributed by atoms with Gasteiger partial charge in [0.15, 0.2) is 0 Å². The van der Waals surface area contributed by atoms with Gasteiger partial charge in [-0.3, -0.25) is 9.59 Å². The van der Waals surface area contributed by atoms with E-state index in [1.807, 2.05) is 17.7 Å². The number of carbonyl (C=O) groups excluding carboxylic acids is 2. The number of imidazole rings is 1. The zero-order chi connectivity index (χ0) is 22.5. The number of aliphatic hydroxyl groups is 1. The molecule has 1 aliphatic rings. The van der Waals surface area contributed by atoms with Crippen molar-refractivity contribution in [2.45, 2.75) is 32.4 Å². The first-order valence-corrected chi connectivity index (χ1v) is 10.6. The van der Waals surface area contributed by atoms with Gasteiger partial charge in [-0.1, -0.05) is 6.92 Å². The van der Waals surface area contributed by atoms with E-state index < -0.39 is 17.7 Å². The smallest absolute Gasteiger partial charge is 0.295 e. The first kappa shape index (κ1) is 21.4. The highest BCUT2D eigenvalue weighted by molar-refractivity contribution is 6.46. The average Bonchev–Trinajstić information content (AvgIpc) is 3.56. The third kappa shape index (κ3) is 4.30. The number of Topliss-reactive ketones (excluding diaryl/α,β-unsaturated/α-hetero) is 1. The monoisotopic (exact) mass is 435 g/mol. The van der Waals surface area contributed by atoms with Gasteiger partial charge in [0.05, 0.1) is 24.8 Å². The number of nitrogens with zero attached hydrogens (tertiary/aromatic N) is 3. The van der Waals surface area contributed by atoms with Crippen LogP contribution in [-0.2, 0) is 16.1 Å². The van der Waals surface area contributed by atoms with Gasteiger partial charge in [0, 0.05) is 31.0 Å². The predicted octanol–water partition coefficient (Wildman–Crippen LogP) is 3.78. The van der Waals surface area contributed by atoms with Crippen LogP contribution < -0.4 is 4.74 Å². The number of ether oxygens (including phenoxy) is 1. The third-order valence-corrected chi connectivity index (χ3v) is 5.33. The number of hydrogen-bond donors (Lipinski definition) is 1. The fraction of sp³-hybridized carbons (Fsp3) is 0.292. The fourth-order valence-corrected chi connectivity index (χ4v) is 3.78. The summed E-state index contributed by atoms with van der Waals surface area (Å²) in [5.74, 6) is -0.509. The van der Waals surface area contributed by atoms with Crippen LogP contribution in [0.2, 0.25) is 0 Å². The Morgan fingerprint density at radius 3 is 2.66 bits per heavy atom. The van der Waals surface area contributed by atoms with Crippen molar-refractivity contribution < 1.29 is 23.8 Å². The Morgan fingerprint density at radius 2 is 2.00 bits per heavy atom. The van der Waals surface area contributed by atoms with Crippen LogP contribution in [0.4, 0.5) is 0 Å². The highest BCUT2D eigenvalue weighted by atomic mass is 16.5. The molecule has 1 fully saturated rings. The van der Waals surface area contributed by atoms with E-state index in [1.165, 1.54) is 11.2 Å². The van der Waals surface area contributed by atoms with E-state index >= 15 is 0 Å². The zero-order valence-corrected chi connectivity index (χ0v) is 17.8. The van der Waals surface area contributed by atoms with Crippen molar-refractivity contribution in [1.29, 1.82) is 0 Å². The summed E-state index contributed by atoms with van der Waals surface area (Å²) >= 11 is 0. The van der Waals surface area contributed by atoms with Gasteiger partial charge < -0.3 is 23.7 Å². The Kier molecular flexibility index (Phi) is 6.39. The van der Waals surface area contributed by atoms with Crippen LogP contribution in [0.5, 0.6) is 5.75 Å². The highest BCUT2D eigenvalue weighted by Crippen LogP contribution is 2.39. The lowest BCUT2D eigenvalue weighted by atomic mass is 9.99. The standard InChI is InChI=1S/C24H25N3O5/c1-2-14-31-18-8-6-17(7-9-18)22(28)20-21(19-5-3-15-32-19)27(24(30)23(20)29)12-4-11-26-13-10-25-16-26/h3,5-10,13,15-16,21,28H,2,4,11-12,14H2,1H3/b22-20-. The van der Waals surface area contributed by atoms with E-state index in [-0.39, 0.29) is 11.3 Å². The first-order chi connectivity index (χ1) is 15.6. The molecule has 1 atom stereocenters. The Hall–Kier alpha value is -3.81. The summed E-state index contributed by atoms with van der Waals surface area (Å²) in [5, 5.41) is 11.0. The molecule has 0 aliphatic carbocycles. The van der Waals surface area contributed by atoms with Crippen molar-refractivity contribution in [3.05, 3.63) is 78.3 Å². The first-order valence-electron chi connectivity index (χ1n) is 10.6. The molecule has 4 rings (SSSR count). The quantitative estimate of drug-likeness (QED) is 0.312. The molecule has 2 aromatic heterocycles. The molecule has 1 amide bonds. The second-order valence-corrected chi connectivity index (χ2v) is 7.53. The topological polar surface area (TPSA) is 97.8 Å². The number of likely N-dealkylation sites (tertiary alicyclic amines) is 1. The zero-order valence-electron chi connectivity index (χ0n) is 17.8. The molecule has 0 spiro atoms. The molecule has 3 aromatic rings. The van der Waals surface area contributed by atoms with E-state index in [1.54, 1.807) is 48.9 Å². The molecule has 1 unspecified atom stereocenters. The molecular formula is C24H25N3O5. The molecule has 0 radical (unpaired) electrons. The minimum Gasteiger partial charge on any atom is -0.507 e. The van der Waals surface area contributed by atoms with E-state index in [9.17, 15) is 14.7 Å². The van der Waals surface area contributed by atoms with E-state index in [4.69, 9.17) is 9.15 Å². The van der Waals surface area contributed by atoms with Crippen LogP contribution in [0, 0.1) is 0 Å². The number of amides is 1. The highest BCUT2D eigenvalue weighted by Gasteiger charge is 2.47. The van der Waals surface area contributed by atoms with Crippen LogP contribution >= 0.6 is 0 Å². The van der Waals surface area contributed by atoms with Crippen molar-refractivity contribution >= 4 is 17.4 Å². The molecule has 0 bridgehead atoms. The minimum absolute atomic E-state index is 0.0230. The second-order valence-electron chi connectivity index (χ2n) is 7.53. The summed E-state index contributed by atoms with van der Waals surface area (Å²) in [6, 6.07) is 9.41. The molecule has 166 valence electrons. The number of rotatable bonds is 9. The van der Waals surface area contributed by atoms with Crippen molar-refractivity contribution in [1.82, 2.24) is 14.5 Å². The maximum absolute atomic E-state index is 12.9. The predicted molar refractivity (Wildman–Crippen MR) is 117 cm³/mol. The molecule has 32 heavy (non-hydrogen) atoms. The molecule has 1 aromatic carbocycles. The van der Waals surface area contributed by atoms with Gasteiger partial charge in [-0.2, -0.15) is 0 Å². The number of ketones is 1. The number of aliphatic hydroxyl groups excluding tert-OH is 1. The number of carbonyl (C=O) groups is 2. The maximum Gasteiger partial charge on any atom is 0.295 e.